The monoisotopic (exact) mass is 380 g/mol. The fraction of sp³-hybridized carbons (Fsp3) is 0.435. The summed E-state index contributed by atoms with van der Waals surface area (Å²) < 4.78 is 0. The summed E-state index contributed by atoms with van der Waals surface area (Å²) in [5.74, 6) is 0.885. The molecule has 150 valence electrons. The topological polar surface area (TPSA) is 73.9 Å². The second kappa shape index (κ2) is 9.71. The van der Waals surface area contributed by atoms with Crippen LogP contribution in [-0.2, 0) is 13.0 Å². The van der Waals surface area contributed by atoms with Gasteiger partial charge >= 0.3 is 0 Å². The molecule has 28 heavy (non-hydrogen) atoms. The minimum absolute atomic E-state index is 0.294. The highest BCUT2D eigenvalue weighted by molar-refractivity contribution is 5.92. The number of aliphatic imine (C=N–C) groups is 1. The van der Waals surface area contributed by atoms with Gasteiger partial charge in [-0.3, -0.25) is 9.89 Å². The molecule has 2 atom stereocenters. The van der Waals surface area contributed by atoms with Crippen molar-refractivity contribution < 1.29 is 5.11 Å². The molecule has 0 aromatic heterocycles. The van der Waals surface area contributed by atoms with Gasteiger partial charge in [-0.15, -0.1) is 0 Å². The van der Waals surface area contributed by atoms with Gasteiger partial charge in [0.25, 0.3) is 0 Å². The van der Waals surface area contributed by atoms with Crippen molar-refractivity contribution in [1.82, 2.24) is 4.90 Å². The van der Waals surface area contributed by atoms with Crippen LogP contribution in [0.25, 0.3) is 0 Å². The smallest absolute Gasteiger partial charge is 0.193 e. The molecule has 0 saturated heterocycles. The molecule has 3 rings (SSSR count). The molecule has 5 heteroatoms. The Labute approximate surface area is 168 Å². The number of rotatable bonds is 7. The van der Waals surface area contributed by atoms with Crippen molar-refractivity contribution >= 4 is 11.6 Å². The van der Waals surface area contributed by atoms with E-state index in [0.717, 1.165) is 31.6 Å². The quantitative estimate of drug-likeness (QED) is 0.509. The molecule has 1 heterocycles. The Morgan fingerprint density at radius 2 is 1.89 bits per heavy atom. The second-order valence-corrected chi connectivity index (χ2v) is 7.69. The third-order valence-electron chi connectivity index (χ3n) is 5.52. The predicted octanol–water partition coefficient (Wildman–Crippen LogP) is 3.35. The summed E-state index contributed by atoms with van der Waals surface area (Å²) in [4.78, 5) is 6.59. The lowest BCUT2D eigenvalue weighted by Crippen LogP contribution is -2.38. The molecule has 1 aliphatic heterocycles. The SMILES string of the molecule is CCC(C)c1ccc(NC(N)=NCC(O)CN2CCc3ccccc3C2)cc1. The van der Waals surface area contributed by atoms with Crippen molar-refractivity contribution in [2.45, 2.75) is 45.3 Å². The van der Waals surface area contributed by atoms with Gasteiger partial charge in [0.05, 0.1) is 12.6 Å². The first-order chi connectivity index (χ1) is 13.5. The first-order valence-corrected chi connectivity index (χ1v) is 10.2. The molecule has 0 saturated carbocycles. The van der Waals surface area contributed by atoms with Crippen LogP contribution in [0.3, 0.4) is 0 Å². The van der Waals surface area contributed by atoms with E-state index < -0.39 is 6.10 Å². The van der Waals surface area contributed by atoms with E-state index in [4.69, 9.17) is 5.73 Å². The Bertz CT molecular complexity index is 787. The summed E-state index contributed by atoms with van der Waals surface area (Å²) in [6.07, 6.45) is 1.62. The molecule has 5 nitrogen and oxygen atoms in total. The summed E-state index contributed by atoms with van der Waals surface area (Å²) in [6.45, 7) is 7.16. The largest absolute Gasteiger partial charge is 0.390 e. The standard InChI is InChI=1S/C23H32N4O/c1-3-17(2)18-8-10-21(11-9-18)26-23(24)25-14-22(28)16-27-13-12-19-6-4-5-7-20(19)15-27/h4-11,17,22,28H,3,12-16H2,1-2H3,(H3,24,25,26). The maximum Gasteiger partial charge on any atom is 0.193 e. The van der Waals surface area contributed by atoms with Crippen molar-refractivity contribution in [1.29, 1.82) is 0 Å². The minimum Gasteiger partial charge on any atom is -0.390 e. The van der Waals surface area contributed by atoms with Gasteiger partial charge in [-0.05, 0) is 47.6 Å². The molecule has 0 radical (unpaired) electrons. The lowest BCUT2D eigenvalue weighted by atomic mass is 9.99. The first-order valence-electron chi connectivity index (χ1n) is 10.2. The van der Waals surface area contributed by atoms with E-state index in [9.17, 15) is 5.11 Å². The van der Waals surface area contributed by atoms with Gasteiger partial charge in [0.2, 0.25) is 0 Å². The van der Waals surface area contributed by atoms with Crippen molar-refractivity contribution in [3.05, 3.63) is 65.2 Å². The van der Waals surface area contributed by atoms with E-state index in [1.165, 1.54) is 16.7 Å². The molecule has 2 aromatic rings. The van der Waals surface area contributed by atoms with Crippen LogP contribution in [0.4, 0.5) is 5.69 Å². The fourth-order valence-electron chi connectivity index (χ4n) is 3.59. The molecule has 1 aliphatic rings. The van der Waals surface area contributed by atoms with E-state index in [0.29, 0.717) is 25.0 Å². The van der Waals surface area contributed by atoms with Crippen LogP contribution in [-0.4, -0.2) is 41.7 Å². The van der Waals surface area contributed by atoms with Gasteiger partial charge < -0.3 is 16.2 Å². The van der Waals surface area contributed by atoms with Crippen LogP contribution < -0.4 is 11.1 Å². The third kappa shape index (κ3) is 5.57. The van der Waals surface area contributed by atoms with Crippen molar-refractivity contribution in [3.8, 4) is 0 Å². The van der Waals surface area contributed by atoms with Crippen molar-refractivity contribution in [3.63, 3.8) is 0 Å². The van der Waals surface area contributed by atoms with Crippen LogP contribution in [0.1, 0.15) is 42.9 Å². The lowest BCUT2D eigenvalue weighted by Gasteiger charge is -2.30. The summed E-state index contributed by atoms with van der Waals surface area (Å²) in [6, 6.07) is 16.8. The van der Waals surface area contributed by atoms with E-state index >= 15 is 0 Å². The number of nitrogens with zero attached hydrogens (tertiary/aromatic N) is 2. The lowest BCUT2D eigenvalue weighted by molar-refractivity contribution is 0.112. The Morgan fingerprint density at radius 3 is 2.61 bits per heavy atom. The molecule has 0 spiro atoms. The van der Waals surface area contributed by atoms with Crippen LogP contribution in [0.15, 0.2) is 53.5 Å². The minimum atomic E-state index is -0.529. The molecule has 2 unspecified atom stereocenters. The third-order valence-corrected chi connectivity index (χ3v) is 5.52. The van der Waals surface area contributed by atoms with E-state index in [1.807, 2.05) is 12.1 Å². The Kier molecular flexibility index (Phi) is 7.06. The van der Waals surface area contributed by atoms with E-state index in [2.05, 4.69) is 65.5 Å². The molecule has 0 aliphatic carbocycles. The highest BCUT2D eigenvalue weighted by Gasteiger charge is 2.18. The Hall–Kier alpha value is -2.37. The number of hydrogen-bond acceptors (Lipinski definition) is 3. The zero-order valence-electron chi connectivity index (χ0n) is 16.9. The first kappa shape index (κ1) is 20.4. The van der Waals surface area contributed by atoms with Gasteiger partial charge in [-0.1, -0.05) is 50.2 Å². The average molecular weight is 381 g/mol. The van der Waals surface area contributed by atoms with Gasteiger partial charge in [0.1, 0.15) is 0 Å². The predicted molar refractivity (Wildman–Crippen MR) is 117 cm³/mol. The van der Waals surface area contributed by atoms with Gasteiger partial charge in [0, 0.05) is 25.3 Å². The van der Waals surface area contributed by atoms with Crippen molar-refractivity contribution in [2.24, 2.45) is 10.7 Å². The van der Waals surface area contributed by atoms with Crippen LogP contribution >= 0.6 is 0 Å². The number of nitrogens with one attached hydrogen (secondary N) is 1. The van der Waals surface area contributed by atoms with Crippen LogP contribution in [0.2, 0.25) is 0 Å². The molecular formula is C23H32N4O. The van der Waals surface area contributed by atoms with E-state index in [-0.39, 0.29) is 0 Å². The summed E-state index contributed by atoms with van der Waals surface area (Å²) in [7, 11) is 0. The Balaban J connectivity index is 1.46. The Morgan fingerprint density at radius 1 is 1.18 bits per heavy atom. The van der Waals surface area contributed by atoms with E-state index in [1.54, 1.807) is 0 Å². The maximum atomic E-state index is 10.4. The zero-order chi connectivity index (χ0) is 19.9. The molecule has 0 fully saturated rings. The normalized spacial score (nSPS) is 17.0. The number of guanidine groups is 1. The average Bonchev–Trinajstić information content (AvgIpc) is 2.72. The highest BCUT2D eigenvalue weighted by atomic mass is 16.3. The van der Waals surface area contributed by atoms with Crippen LogP contribution in [0, 0.1) is 0 Å². The second-order valence-electron chi connectivity index (χ2n) is 7.69. The number of anilines is 1. The molecule has 2 aromatic carbocycles. The number of hydrogen-bond donors (Lipinski definition) is 3. The zero-order valence-corrected chi connectivity index (χ0v) is 16.9. The highest BCUT2D eigenvalue weighted by Crippen LogP contribution is 2.20. The summed E-state index contributed by atoms with van der Waals surface area (Å²) >= 11 is 0. The van der Waals surface area contributed by atoms with Gasteiger partial charge in [-0.2, -0.15) is 0 Å². The number of β-amino-alcohol motifs (C(OH)–C–C–N with tert-alkyl or cyclic N) is 1. The number of aliphatic hydroxyl groups is 1. The van der Waals surface area contributed by atoms with Crippen LogP contribution in [0.5, 0.6) is 0 Å². The van der Waals surface area contributed by atoms with Gasteiger partial charge in [0.15, 0.2) is 5.96 Å². The molecule has 4 N–H and O–H groups in total. The summed E-state index contributed by atoms with van der Waals surface area (Å²) in [5, 5.41) is 13.5. The summed E-state index contributed by atoms with van der Waals surface area (Å²) in [5.41, 5.74) is 11.0. The number of aliphatic hydroxyl groups excluding tert-OH is 1. The van der Waals surface area contributed by atoms with Gasteiger partial charge in [-0.25, -0.2) is 0 Å². The number of nitrogens with two attached hydrogens (primary N) is 1. The van der Waals surface area contributed by atoms with Crippen molar-refractivity contribution in [2.75, 3.05) is 25.0 Å². The fourth-order valence-corrected chi connectivity index (χ4v) is 3.59. The number of fused-ring (bicyclic) bond motifs is 1. The molecular weight excluding hydrogens is 348 g/mol. The maximum absolute atomic E-state index is 10.4. The molecule has 0 amide bonds. The number of benzene rings is 2. The molecule has 0 bridgehead atoms.